The summed E-state index contributed by atoms with van der Waals surface area (Å²) in [6, 6.07) is 5.51. The van der Waals surface area contributed by atoms with Gasteiger partial charge in [-0.05, 0) is 37.5 Å². The van der Waals surface area contributed by atoms with E-state index in [2.05, 4.69) is 5.32 Å². The van der Waals surface area contributed by atoms with Gasteiger partial charge < -0.3 is 19.9 Å². The molecule has 5 heteroatoms. The highest BCUT2D eigenvalue weighted by Crippen LogP contribution is 2.21. The van der Waals surface area contributed by atoms with Crippen LogP contribution in [0.25, 0.3) is 0 Å². The topological polar surface area (TPSA) is 50.7 Å². The van der Waals surface area contributed by atoms with E-state index >= 15 is 0 Å². The third-order valence-electron chi connectivity index (χ3n) is 3.11. The van der Waals surface area contributed by atoms with Gasteiger partial charge in [-0.15, -0.1) is 0 Å². The number of aliphatic hydroxyl groups is 1. The van der Waals surface area contributed by atoms with Crippen molar-refractivity contribution >= 4 is 0 Å². The summed E-state index contributed by atoms with van der Waals surface area (Å²) >= 11 is 0. The molecule has 0 bridgehead atoms. The van der Waals surface area contributed by atoms with E-state index in [0.717, 1.165) is 5.56 Å². The predicted molar refractivity (Wildman–Crippen MR) is 74.3 cm³/mol. The Morgan fingerprint density at radius 2 is 2.20 bits per heavy atom. The first-order valence-corrected chi connectivity index (χ1v) is 7.09. The Kier molecular flexibility index (Phi) is 5.76. The Hall–Kier alpha value is -1.17. The number of aliphatic hydroxyl groups excluding tert-OH is 1. The highest BCUT2D eigenvalue weighted by molar-refractivity contribution is 5.29. The highest BCUT2D eigenvalue weighted by Gasteiger charge is 2.20. The monoisotopic (exact) mass is 283 g/mol. The summed E-state index contributed by atoms with van der Waals surface area (Å²) < 4.78 is 24.2. The van der Waals surface area contributed by atoms with Crippen LogP contribution < -0.4 is 10.1 Å². The maximum atomic E-state index is 13.8. The Morgan fingerprint density at radius 3 is 2.85 bits per heavy atom. The molecule has 20 heavy (non-hydrogen) atoms. The van der Waals surface area contributed by atoms with Crippen LogP contribution >= 0.6 is 0 Å². The zero-order valence-corrected chi connectivity index (χ0v) is 11.8. The fraction of sp³-hybridized carbons (Fsp3) is 0.600. The quantitative estimate of drug-likeness (QED) is 0.726. The predicted octanol–water partition coefficient (Wildman–Crippen LogP) is 1.85. The SMILES string of the molecule is CCOCC(O)COc1ccc(CNC2CC2)cc1F. The molecule has 0 spiro atoms. The molecule has 1 atom stereocenters. The molecule has 1 aromatic rings. The molecule has 0 amide bonds. The largest absolute Gasteiger partial charge is 0.488 e. The van der Waals surface area contributed by atoms with E-state index in [9.17, 15) is 9.50 Å². The van der Waals surface area contributed by atoms with Gasteiger partial charge in [0.15, 0.2) is 11.6 Å². The molecule has 0 saturated heterocycles. The standard InChI is InChI=1S/C15H22FNO3/c1-2-19-9-13(18)10-20-15-6-3-11(7-14(15)16)8-17-12-4-5-12/h3,6-7,12-13,17-18H,2,4-5,8-10H2,1H3. The van der Waals surface area contributed by atoms with Crippen molar-refractivity contribution in [1.82, 2.24) is 5.32 Å². The van der Waals surface area contributed by atoms with E-state index in [1.807, 2.05) is 13.0 Å². The van der Waals surface area contributed by atoms with Gasteiger partial charge in [-0.2, -0.15) is 0 Å². The number of nitrogens with one attached hydrogen (secondary N) is 1. The van der Waals surface area contributed by atoms with Crippen molar-refractivity contribution in [3.63, 3.8) is 0 Å². The van der Waals surface area contributed by atoms with Gasteiger partial charge in [-0.3, -0.25) is 0 Å². The molecule has 1 aromatic carbocycles. The molecule has 2 N–H and O–H groups in total. The molecule has 2 rings (SSSR count). The van der Waals surface area contributed by atoms with Gasteiger partial charge in [0.05, 0.1) is 6.61 Å². The zero-order valence-electron chi connectivity index (χ0n) is 11.8. The smallest absolute Gasteiger partial charge is 0.165 e. The lowest BCUT2D eigenvalue weighted by Gasteiger charge is -2.13. The first kappa shape index (κ1) is 15.2. The summed E-state index contributed by atoms with van der Waals surface area (Å²) in [6.45, 7) is 3.28. The number of hydrogen-bond donors (Lipinski definition) is 2. The first-order chi connectivity index (χ1) is 9.69. The average molecular weight is 283 g/mol. The second-order valence-corrected chi connectivity index (χ2v) is 5.04. The molecule has 112 valence electrons. The van der Waals surface area contributed by atoms with Gasteiger partial charge in [0.2, 0.25) is 0 Å². The molecular weight excluding hydrogens is 261 g/mol. The van der Waals surface area contributed by atoms with Gasteiger partial charge in [0, 0.05) is 19.2 Å². The van der Waals surface area contributed by atoms with Crippen molar-refractivity contribution in [3.8, 4) is 5.75 Å². The van der Waals surface area contributed by atoms with Crippen molar-refractivity contribution in [2.45, 2.75) is 38.5 Å². The van der Waals surface area contributed by atoms with Crippen LogP contribution in [0.3, 0.4) is 0 Å². The van der Waals surface area contributed by atoms with E-state index in [-0.39, 0.29) is 19.0 Å². The van der Waals surface area contributed by atoms with Gasteiger partial charge in [-0.1, -0.05) is 6.07 Å². The Morgan fingerprint density at radius 1 is 1.40 bits per heavy atom. The van der Waals surface area contributed by atoms with Crippen LogP contribution in [-0.2, 0) is 11.3 Å². The molecule has 1 saturated carbocycles. The number of rotatable bonds is 9. The number of ether oxygens (including phenoxy) is 2. The summed E-state index contributed by atoms with van der Waals surface area (Å²) in [5.74, 6) is -0.237. The summed E-state index contributed by atoms with van der Waals surface area (Å²) in [5.41, 5.74) is 0.900. The molecule has 1 aliphatic rings. The van der Waals surface area contributed by atoms with E-state index in [1.165, 1.54) is 18.9 Å². The fourth-order valence-corrected chi connectivity index (χ4v) is 1.81. The zero-order chi connectivity index (χ0) is 14.4. The minimum Gasteiger partial charge on any atom is -0.488 e. The fourth-order valence-electron chi connectivity index (χ4n) is 1.81. The van der Waals surface area contributed by atoms with Gasteiger partial charge in [0.25, 0.3) is 0 Å². The van der Waals surface area contributed by atoms with E-state index in [1.54, 1.807) is 6.07 Å². The number of benzene rings is 1. The lowest BCUT2D eigenvalue weighted by Crippen LogP contribution is -2.23. The Bertz CT molecular complexity index is 424. The van der Waals surface area contributed by atoms with Crippen LogP contribution in [-0.4, -0.2) is 37.1 Å². The molecule has 1 aliphatic carbocycles. The lowest BCUT2D eigenvalue weighted by molar-refractivity contribution is 0.0157. The Balaban J connectivity index is 1.78. The van der Waals surface area contributed by atoms with E-state index < -0.39 is 11.9 Å². The van der Waals surface area contributed by atoms with Crippen LogP contribution in [0.4, 0.5) is 4.39 Å². The molecule has 1 unspecified atom stereocenters. The van der Waals surface area contributed by atoms with Gasteiger partial charge >= 0.3 is 0 Å². The normalized spacial score (nSPS) is 16.1. The first-order valence-electron chi connectivity index (χ1n) is 7.09. The molecule has 1 fully saturated rings. The molecule has 4 nitrogen and oxygen atoms in total. The summed E-state index contributed by atoms with van der Waals surface area (Å²) in [6.07, 6.45) is 1.67. The van der Waals surface area contributed by atoms with Crippen LogP contribution in [0.1, 0.15) is 25.3 Å². The van der Waals surface area contributed by atoms with E-state index in [4.69, 9.17) is 9.47 Å². The van der Waals surface area contributed by atoms with Crippen LogP contribution in [0, 0.1) is 5.82 Å². The minimum atomic E-state index is -0.745. The van der Waals surface area contributed by atoms with Crippen molar-refractivity contribution in [2.24, 2.45) is 0 Å². The van der Waals surface area contributed by atoms with Crippen molar-refractivity contribution in [1.29, 1.82) is 0 Å². The molecule has 0 radical (unpaired) electrons. The Labute approximate surface area is 118 Å². The summed E-state index contributed by atoms with van der Waals surface area (Å²) in [4.78, 5) is 0. The number of hydrogen-bond acceptors (Lipinski definition) is 4. The van der Waals surface area contributed by atoms with E-state index in [0.29, 0.717) is 19.2 Å². The maximum Gasteiger partial charge on any atom is 0.165 e. The van der Waals surface area contributed by atoms with Crippen LogP contribution in [0.15, 0.2) is 18.2 Å². The average Bonchev–Trinajstić information content (AvgIpc) is 3.26. The lowest BCUT2D eigenvalue weighted by atomic mass is 10.2. The van der Waals surface area contributed by atoms with Crippen LogP contribution in [0.5, 0.6) is 5.75 Å². The van der Waals surface area contributed by atoms with Crippen molar-refractivity contribution in [2.75, 3.05) is 19.8 Å². The molecular formula is C15H22FNO3. The third-order valence-corrected chi connectivity index (χ3v) is 3.11. The maximum absolute atomic E-state index is 13.8. The summed E-state index contributed by atoms with van der Waals surface area (Å²) in [7, 11) is 0. The second-order valence-electron chi connectivity index (χ2n) is 5.04. The third kappa shape index (κ3) is 5.07. The van der Waals surface area contributed by atoms with Crippen molar-refractivity contribution < 1.29 is 19.0 Å². The highest BCUT2D eigenvalue weighted by atomic mass is 19.1. The minimum absolute atomic E-state index is 0.0244. The molecule has 0 aromatic heterocycles. The second kappa shape index (κ2) is 7.57. The van der Waals surface area contributed by atoms with Gasteiger partial charge in [0.1, 0.15) is 12.7 Å². The molecule has 0 heterocycles. The van der Waals surface area contributed by atoms with Gasteiger partial charge in [-0.25, -0.2) is 4.39 Å². The summed E-state index contributed by atoms with van der Waals surface area (Å²) in [5, 5.41) is 12.9. The van der Waals surface area contributed by atoms with Crippen molar-refractivity contribution in [3.05, 3.63) is 29.6 Å². The number of halogens is 1. The molecule has 0 aliphatic heterocycles. The van der Waals surface area contributed by atoms with Crippen LogP contribution in [0.2, 0.25) is 0 Å².